The SMILES string of the molecule is O=C1C[C@H]2[C@H](CCN2C(=O)c2cncc(F)c2)N1CCc1cn[nH]n1. The van der Waals surface area contributed by atoms with E-state index in [-0.39, 0.29) is 29.5 Å². The first-order valence-corrected chi connectivity index (χ1v) is 8.19. The number of carbonyl (C=O) groups excluding carboxylic acids is 2. The molecule has 4 rings (SSSR count). The molecule has 0 radical (unpaired) electrons. The topological polar surface area (TPSA) is 95.1 Å². The highest BCUT2D eigenvalue weighted by Gasteiger charge is 2.48. The van der Waals surface area contributed by atoms with Gasteiger partial charge >= 0.3 is 0 Å². The van der Waals surface area contributed by atoms with Crippen LogP contribution >= 0.6 is 0 Å². The Morgan fingerprint density at radius 3 is 2.96 bits per heavy atom. The number of likely N-dealkylation sites (tertiary alicyclic amines) is 2. The molecule has 0 bridgehead atoms. The lowest BCUT2D eigenvalue weighted by atomic mass is 10.1. The number of fused-ring (bicyclic) bond motifs is 1. The number of amides is 2. The van der Waals surface area contributed by atoms with E-state index in [2.05, 4.69) is 20.4 Å². The molecule has 130 valence electrons. The molecular formula is C16H17FN6O2. The molecule has 0 aliphatic carbocycles. The first-order chi connectivity index (χ1) is 12.1. The Labute approximate surface area is 143 Å². The van der Waals surface area contributed by atoms with Crippen molar-refractivity contribution >= 4 is 11.8 Å². The summed E-state index contributed by atoms with van der Waals surface area (Å²) < 4.78 is 13.3. The molecule has 1 N–H and O–H groups in total. The van der Waals surface area contributed by atoms with Crippen molar-refractivity contribution in [3.8, 4) is 0 Å². The maximum Gasteiger partial charge on any atom is 0.255 e. The lowest BCUT2D eigenvalue weighted by Gasteiger charge is -2.25. The van der Waals surface area contributed by atoms with E-state index in [0.29, 0.717) is 25.9 Å². The van der Waals surface area contributed by atoms with E-state index >= 15 is 0 Å². The van der Waals surface area contributed by atoms with E-state index in [1.54, 1.807) is 11.1 Å². The van der Waals surface area contributed by atoms with Gasteiger partial charge in [0.1, 0.15) is 5.82 Å². The number of halogens is 1. The Bertz CT molecular complexity index is 796. The lowest BCUT2D eigenvalue weighted by molar-refractivity contribution is -0.129. The van der Waals surface area contributed by atoms with Crippen LogP contribution in [0.2, 0.25) is 0 Å². The maximum absolute atomic E-state index is 13.3. The van der Waals surface area contributed by atoms with Crippen LogP contribution in [0.4, 0.5) is 4.39 Å². The number of aromatic amines is 1. The molecule has 2 saturated heterocycles. The predicted octanol–water partition coefficient (Wildman–Crippen LogP) is 0.397. The number of aromatic nitrogens is 4. The normalized spacial score (nSPS) is 22.5. The number of H-pyrrole nitrogens is 1. The van der Waals surface area contributed by atoms with Crippen molar-refractivity contribution < 1.29 is 14.0 Å². The van der Waals surface area contributed by atoms with Gasteiger partial charge in [-0.05, 0) is 12.5 Å². The van der Waals surface area contributed by atoms with Gasteiger partial charge in [-0.3, -0.25) is 14.6 Å². The summed E-state index contributed by atoms with van der Waals surface area (Å²) in [6.45, 7) is 1.11. The molecule has 0 unspecified atom stereocenters. The van der Waals surface area contributed by atoms with Crippen molar-refractivity contribution in [1.29, 1.82) is 0 Å². The fourth-order valence-electron chi connectivity index (χ4n) is 3.75. The van der Waals surface area contributed by atoms with Gasteiger partial charge in [-0.15, -0.1) is 0 Å². The second-order valence-corrected chi connectivity index (χ2v) is 6.32. The average Bonchev–Trinajstić information content (AvgIpc) is 3.30. The van der Waals surface area contributed by atoms with E-state index in [1.165, 1.54) is 12.3 Å². The Balaban J connectivity index is 1.47. The number of hydrogen-bond donors (Lipinski definition) is 1. The van der Waals surface area contributed by atoms with Crippen LogP contribution in [0.5, 0.6) is 0 Å². The summed E-state index contributed by atoms with van der Waals surface area (Å²) in [5.74, 6) is -0.780. The van der Waals surface area contributed by atoms with E-state index in [9.17, 15) is 14.0 Å². The van der Waals surface area contributed by atoms with Gasteiger partial charge in [0.15, 0.2) is 0 Å². The quantitative estimate of drug-likeness (QED) is 0.866. The molecule has 2 fully saturated rings. The highest BCUT2D eigenvalue weighted by atomic mass is 19.1. The first-order valence-electron chi connectivity index (χ1n) is 8.19. The van der Waals surface area contributed by atoms with E-state index in [1.807, 2.05) is 4.90 Å². The van der Waals surface area contributed by atoms with E-state index < -0.39 is 5.82 Å². The average molecular weight is 344 g/mol. The number of pyridine rings is 1. The molecule has 2 aromatic rings. The molecule has 2 atom stereocenters. The summed E-state index contributed by atoms with van der Waals surface area (Å²) in [6.07, 6.45) is 5.71. The summed E-state index contributed by atoms with van der Waals surface area (Å²) in [7, 11) is 0. The summed E-state index contributed by atoms with van der Waals surface area (Å²) in [4.78, 5) is 32.3. The minimum Gasteiger partial charge on any atom is -0.337 e. The molecule has 2 aromatic heterocycles. The molecular weight excluding hydrogens is 327 g/mol. The number of nitrogens with one attached hydrogen (secondary N) is 1. The number of rotatable bonds is 4. The van der Waals surface area contributed by atoms with Gasteiger partial charge in [0.2, 0.25) is 5.91 Å². The van der Waals surface area contributed by atoms with Crippen LogP contribution in [0.3, 0.4) is 0 Å². The third kappa shape index (κ3) is 2.86. The Morgan fingerprint density at radius 2 is 2.20 bits per heavy atom. The molecule has 2 amide bonds. The number of carbonyl (C=O) groups is 2. The van der Waals surface area contributed by atoms with Crippen LogP contribution in [0.1, 0.15) is 28.9 Å². The minimum absolute atomic E-state index is 0.00451. The van der Waals surface area contributed by atoms with E-state index in [0.717, 1.165) is 18.3 Å². The van der Waals surface area contributed by atoms with Gasteiger partial charge in [0.05, 0.1) is 35.7 Å². The fraction of sp³-hybridized carbons (Fsp3) is 0.438. The Kier molecular flexibility index (Phi) is 3.90. The van der Waals surface area contributed by atoms with E-state index in [4.69, 9.17) is 0 Å². The first kappa shape index (κ1) is 15.7. The summed E-state index contributed by atoms with van der Waals surface area (Å²) in [5, 5.41) is 10.3. The van der Waals surface area contributed by atoms with Crippen LogP contribution < -0.4 is 0 Å². The van der Waals surface area contributed by atoms with Crippen molar-refractivity contribution in [3.05, 3.63) is 41.7 Å². The van der Waals surface area contributed by atoms with Gasteiger partial charge in [0.25, 0.3) is 5.91 Å². The second kappa shape index (κ2) is 6.23. The highest BCUT2D eigenvalue weighted by Crippen LogP contribution is 2.33. The second-order valence-electron chi connectivity index (χ2n) is 6.32. The van der Waals surface area contributed by atoms with Gasteiger partial charge in [-0.2, -0.15) is 15.4 Å². The zero-order valence-electron chi connectivity index (χ0n) is 13.4. The van der Waals surface area contributed by atoms with Crippen LogP contribution in [0.25, 0.3) is 0 Å². The molecule has 0 spiro atoms. The van der Waals surface area contributed by atoms with Gasteiger partial charge < -0.3 is 9.80 Å². The number of nitrogens with zero attached hydrogens (tertiary/aromatic N) is 5. The summed E-state index contributed by atoms with van der Waals surface area (Å²) in [6, 6.07) is 1.02. The van der Waals surface area contributed by atoms with Crippen molar-refractivity contribution in [2.45, 2.75) is 31.3 Å². The third-order valence-corrected chi connectivity index (χ3v) is 4.90. The van der Waals surface area contributed by atoms with Crippen molar-refractivity contribution in [2.24, 2.45) is 0 Å². The van der Waals surface area contributed by atoms with Crippen LogP contribution in [0.15, 0.2) is 24.7 Å². The molecule has 2 aliphatic rings. The molecule has 25 heavy (non-hydrogen) atoms. The minimum atomic E-state index is -0.543. The van der Waals surface area contributed by atoms with Crippen LogP contribution in [-0.4, -0.2) is 67.2 Å². The van der Waals surface area contributed by atoms with Gasteiger partial charge in [-0.1, -0.05) is 0 Å². The number of hydrogen-bond acceptors (Lipinski definition) is 5. The predicted molar refractivity (Wildman–Crippen MR) is 83.8 cm³/mol. The van der Waals surface area contributed by atoms with Gasteiger partial charge in [-0.25, -0.2) is 4.39 Å². The van der Waals surface area contributed by atoms with Gasteiger partial charge in [0, 0.05) is 32.1 Å². The molecule has 4 heterocycles. The Morgan fingerprint density at radius 1 is 1.32 bits per heavy atom. The zero-order valence-corrected chi connectivity index (χ0v) is 13.4. The maximum atomic E-state index is 13.3. The standard InChI is InChI=1S/C16H17FN6O2/c17-11-5-10(7-18-8-11)16(25)23-4-2-13-14(23)6-15(24)22(13)3-1-12-9-19-21-20-12/h5,7-9,13-14H,1-4,6H2,(H,19,20,21)/t13-,14-/m0/s1. The van der Waals surface area contributed by atoms with Crippen molar-refractivity contribution in [3.63, 3.8) is 0 Å². The monoisotopic (exact) mass is 344 g/mol. The molecule has 8 nitrogen and oxygen atoms in total. The molecule has 0 saturated carbocycles. The molecule has 0 aromatic carbocycles. The Hall–Kier alpha value is -2.84. The molecule has 9 heteroatoms. The third-order valence-electron chi connectivity index (χ3n) is 4.90. The van der Waals surface area contributed by atoms with Crippen LogP contribution in [-0.2, 0) is 11.2 Å². The van der Waals surface area contributed by atoms with Crippen LogP contribution in [0, 0.1) is 5.82 Å². The molecule has 2 aliphatic heterocycles. The smallest absolute Gasteiger partial charge is 0.255 e. The summed E-state index contributed by atoms with van der Waals surface area (Å²) in [5.41, 5.74) is 1.02. The summed E-state index contributed by atoms with van der Waals surface area (Å²) >= 11 is 0. The largest absolute Gasteiger partial charge is 0.337 e. The fourth-order valence-corrected chi connectivity index (χ4v) is 3.75. The zero-order chi connectivity index (χ0) is 17.4. The lowest BCUT2D eigenvalue weighted by Crippen LogP contribution is -2.40. The van der Waals surface area contributed by atoms with Crippen molar-refractivity contribution in [2.75, 3.05) is 13.1 Å². The van der Waals surface area contributed by atoms with Crippen molar-refractivity contribution in [1.82, 2.24) is 30.2 Å². The highest BCUT2D eigenvalue weighted by molar-refractivity contribution is 5.95.